The monoisotopic (exact) mass is 406 g/mol. The normalized spacial score (nSPS) is 12.1. The molecule has 1 N–H and O–H groups in total. The van der Waals surface area contributed by atoms with Crippen molar-refractivity contribution in [1.82, 2.24) is 9.97 Å². The van der Waals surface area contributed by atoms with E-state index in [1.807, 2.05) is 18.4 Å². The second-order valence-electron chi connectivity index (χ2n) is 5.89. The molecule has 0 fully saturated rings. The first-order valence-corrected chi connectivity index (χ1v) is 9.98. The van der Waals surface area contributed by atoms with Crippen LogP contribution in [0.1, 0.15) is 56.2 Å². The molecule has 0 aliphatic heterocycles. The molecule has 0 saturated heterocycles. The van der Waals surface area contributed by atoms with Crippen LogP contribution in [0, 0.1) is 13.8 Å². The van der Waals surface area contributed by atoms with E-state index in [9.17, 15) is 14.4 Å². The average Bonchev–Trinajstić information content (AvgIpc) is 3.18. The number of esters is 2. The summed E-state index contributed by atoms with van der Waals surface area (Å²) in [7, 11) is 0. The average molecular weight is 406 g/mol. The first-order chi connectivity index (χ1) is 12.8. The van der Waals surface area contributed by atoms with Gasteiger partial charge in [-0.25, -0.2) is 14.6 Å². The van der Waals surface area contributed by atoms with Gasteiger partial charge in [0.1, 0.15) is 14.6 Å². The molecule has 0 aliphatic rings. The summed E-state index contributed by atoms with van der Waals surface area (Å²) in [4.78, 5) is 45.2. The lowest BCUT2D eigenvalue weighted by Crippen LogP contribution is -2.17. The highest BCUT2D eigenvalue weighted by Gasteiger charge is 2.23. The number of rotatable bonds is 5. The van der Waals surface area contributed by atoms with E-state index in [-0.39, 0.29) is 18.0 Å². The van der Waals surface area contributed by atoms with Crippen molar-refractivity contribution >= 4 is 44.8 Å². The fourth-order valence-corrected chi connectivity index (χ4v) is 4.49. The van der Waals surface area contributed by atoms with E-state index in [2.05, 4.69) is 9.97 Å². The summed E-state index contributed by atoms with van der Waals surface area (Å²) in [6.07, 6.45) is -0.746. The summed E-state index contributed by atoms with van der Waals surface area (Å²) >= 11 is 2.39. The van der Waals surface area contributed by atoms with Crippen LogP contribution in [0.2, 0.25) is 0 Å². The van der Waals surface area contributed by atoms with Gasteiger partial charge in [-0.2, -0.15) is 0 Å². The van der Waals surface area contributed by atoms with E-state index >= 15 is 0 Å². The summed E-state index contributed by atoms with van der Waals surface area (Å²) < 4.78 is 10.5. The van der Waals surface area contributed by atoms with Crippen LogP contribution in [0.25, 0.3) is 10.2 Å². The van der Waals surface area contributed by atoms with Gasteiger partial charge in [0.25, 0.3) is 5.56 Å². The molecule has 0 amide bonds. The highest BCUT2D eigenvalue weighted by molar-refractivity contribution is 7.20. The van der Waals surface area contributed by atoms with Gasteiger partial charge < -0.3 is 14.5 Å². The molecule has 3 rings (SSSR count). The molecule has 0 saturated carbocycles. The van der Waals surface area contributed by atoms with Crippen molar-refractivity contribution < 1.29 is 19.1 Å². The third-order valence-electron chi connectivity index (χ3n) is 4.00. The highest BCUT2D eigenvalue weighted by atomic mass is 32.1. The Hall–Kier alpha value is -2.52. The molecule has 1 atom stereocenters. The molecule has 1 unspecified atom stereocenters. The molecule has 3 heterocycles. The van der Waals surface area contributed by atoms with Crippen LogP contribution >= 0.6 is 22.7 Å². The zero-order valence-corrected chi connectivity index (χ0v) is 16.9. The number of carbonyl (C=O) groups excluding carboxylic acids is 2. The highest BCUT2D eigenvalue weighted by Crippen LogP contribution is 2.29. The molecular weight excluding hydrogens is 388 g/mol. The van der Waals surface area contributed by atoms with Crippen molar-refractivity contribution in [2.45, 2.75) is 33.8 Å². The standard InChI is InChI=1S/C18H18N2O5S2/c1-5-24-17(22)13-9(3)11-15(21)19-14(20-16(11)27-13)10(4)25-18(23)12-8(2)6-7-26-12/h6-7,10H,5H2,1-4H3,(H,19,20,21). The lowest BCUT2D eigenvalue weighted by molar-refractivity contribution is 0.0325. The maximum Gasteiger partial charge on any atom is 0.349 e. The quantitative estimate of drug-likeness (QED) is 0.648. The van der Waals surface area contributed by atoms with Crippen LogP contribution in [-0.2, 0) is 9.47 Å². The number of ether oxygens (including phenoxy) is 2. The van der Waals surface area contributed by atoms with Gasteiger partial charge in [-0.05, 0) is 50.3 Å². The van der Waals surface area contributed by atoms with Crippen LogP contribution in [0.4, 0.5) is 0 Å². The minimum atomic E-state index is -0.746. The minimum Gasteiger partial charge on any atom is -0.462 e. The molecular formula is C18H18N2O5S2. The molecule has 0 bridgehead atoms. The van der Waals surface area contributed by atoms with E-state index < -0.39 is 18.0 Å². The topological polar surface area (TPSA) is 98.3 Å². The Bertz CT molecular complexity index is 1080. The van der Waals surface area contributed by atoms with Crippen molar-refractivity contribution in [2.24, 2.45) is 0 Å². The summed E-state index contributed by atoms with van der Waals surface area (Å²) in [5, 5.41) is 2.16. The number of hydrogen-bond donors (Lipinski definition) is 1. The number of aryl methyl sites for hydroxylation is 2. The molecule has 7 nitrogen and oxygen atoms in total. The van der Waals surface area contributed by atoms with Gasteiger partial charge in [0, 0.05) is 0 Å². The van der Waals surface area contributed by atoms with Crippen molar-refractivity contribution in [3.63, 3.8) is 0 Å². The smallest absolute Gasteiger partial charge is 0.349 e. The SMILES string of the molecule is CCOC(=O)c1sc2nc(C(C)OC(=O)c3sccc3C)[nH]c(=O)c2c1C. The third kappa shape index (κ3) is 3.65. The number of nitrogens with one attached hydrogen (secondary N) is 1. The van der Waals surface area contributed by atoms with E-state index in [1.165, 1.54) is 11.3 Å². The van der Waals surface area contributed by atoms with E-state index in [1.54, 1.807) is 20.8 Å². The summed E-state index contributed by atoms with van der Waals surface area (Å²) in [5.41, 5.74) is 0.990. The second-order valence-corrected chi connectivity index (χ2v) is 7.80. The maximum absolute atomic E-state index is 12.5. The summed E-state index contributed by atoms with van der Waals surface area (Å²) in [6.45, 7) is 7.11. The first kappa shape index (κ1) is 19.2. The molecule has 0 aromatic carbocycles. The van der Waals surface area contributed by atoms with Crippen LogP contribution in [0.5, 0.6) is 0 Å². The van der Waals surface area contributed by atoms with Crippen molar-refractivity contribution in [3.8, 4) is 0 Å². The van der Waals surface area contributed by atoms with Gasteiger partial charge in [0.2, 0.25) is 0 Å². The fraction of sp³-hybridized carbons (Fsp3) is 0.333. The van der Waals surface area contributed by atoms with Gasteiger partial charge >= 0.3 is 11.9 Å². The lowest BCUT2D eigenvalue weighted by atomic mass is 10.2. The van der Waals surface area contributed by atoms with E-state index in [4.69, 9.17) is 9.47 Å². The zero-order chi connectivity index (χ0) is 19.7. The number of hydrogen-bond acceptors (Lipinski definition) is 8. The Morgan fingerprint density at radius 2 is 2.00 bits per heavy atom. The molecule has 9 heteroatoms. The number of aromatic nitrogens is 2. The number of aromatic amines is 1. The van der Waals surface area contributed by atoms with Crippen LogP contribution < -0.4 is 5.56 Å². The first-order valence-electron chi connectivity index (χ1n) is 8.29. The van der Waals surface area contributed by atoms with Crippen molar-refractivity contribution in [3.05, 3.63) is 48.5 Å². The van der Waals surface area contributed by atoms with Gasteiger partial charge in [-0.3, -0.25) is 4.79 Å². The molecule has 142 valence electrons. The lowest BCUT2D eigenvalue weighted by Gasteiger charge is -2.12. The van der Waals surface area contributed by atoms with Gasteiger partial charge in [0.05, 0.1) is 12.0 Å². The van der Waals surface area contributed by atoms with Gasteiger partial charge in [-0.15, -0.1) is 22.7 Å². The number of fused-ring (bicyclic) bond motifs is 1. The van der Waals surface area contributed by atoms with Crippen molar-refractivity contribution in [2.75, 3.05) is 6.61 Å². The van der Waals surface area contributed by atoms with Gasteiger partial charge in [-0.1, -0.05) is 0 Å². The number of thiophene rings is 2. The van der Waals surface area contributed by atoms with E-state index in [0.717, 1.165) is 16.9 Å². The third-order valence-corrected chi connectivity index (χ3v) is 6.16. The number of nitrogens with zero attached hydrogens (tertiary/aromatic N) is 1. The number of H-pyrrole nitrogens is 1. The maximum atomic E-state index is 12.5. The Labute approximate surface area is 163 Å². The van der Waals surface area contributed by atoms with Crippen LogP contribution in [0.15, 0.2) is 16.2 Å². The minimum absolute atomic E-state index is 0.228. The summed E-state index contributed by atoms with van der Waals surface area (Å²) in [5.74, 6) is -0.717. The Morgan fingerprint density at radius 3 is 2.63 bits per heavy atom. The van der Waals surface area contributed by atoms with Crippen LogP contribution in [0.3, 0.4) is 0 Å². The molecule has 0 radical (unpaired) electrons. The molecule has 0 aliphatic carbocycles. The largest absolute Gasteiger partial charge is 0.462 e. The van der Waals surface area contributed by atoms with Crippen LogP contribution in [-0.4, -0.2) is 28.5 Å². The fourth-order valence-electron chi connectivity index (χ4n) is 2.60. The second kappa shape index (κ2) is 7.61. The molecule has 3 aromatic rings. The summed E-state index contributed by atoms with van der Waals surface area (Å²) in [6, 6.07) is 1.84. The predicted molar refractivity (Wildman–Crippen MR) is 104 cm³/mol. The number of carbonyl (C=O) groups is 2. The Morgan fingerprint density at radius 1 is 1.26 bits per heavy atom. The molecule has 3 aromatic heterocycles. The Kier molecular flexibility index (Phi) is 5.43. The van der Waals surface area contributed by atoms with Crippen molar-refractivity contribution in [1.29, 1.82) is 0 Å². The van der Waals surface area contributed by atoms with E-state index in [0.29, 0.717) is 25.5 Å². The predicted octanol–water partition coefficient (Wildman–Crippen LogP) is 3.76. The van der Waals surface area contributed by atoms with Gasteiger partial charge in [0.15, 0.2) is 11.9 Å². The molecule has 27 heavy (non-hydrogen) atoms. The molecule has 0 spiro atoms. The zero-order valence-electron chi connectivity index (χ0n) is 15.2. The Balaban J connectivity index is 1.93.